The van der Waals surface area contributed by atoms with Crippen molar-refractivity contribution in [3.8, 4) is 11.3 Å². The molecular formula is C32H24F3N9O2. The number of carbonyl (C=O) groups excluding carboxylic acids is 2. The fourth-order valence-electron chi connectivity index (χ4n) is 4.73. The van der Waals surface area contributed by atoms with Gasteiger partial charge in [-0.1, -0.05) is 36.4 Å². The van der Waals surface area contributed by atoms with E-state index >= 15 is 0 Å². The number of hydrogen-bond acceptors (Lipinski definition) is 8. The molecule has 0 aliphatic rings. The second kappa shape index (κ2) is 12.0. The van der Waals surface area contributed by atoms with E-state index in [0.717, 1.165) is 23.9 Å². The lowest BCUT2D eigenvalue weighted by molar-refractivity contribution is -0.137. The Morgan fingerprint density at radius 2 is 1.48 bits per heavy atom. The molecular weight excluding hydrogens is 599 g/mol. The standard InChI is InChI=1S/C32H24F3N9O2/c33-32(34,35)22-13-14-38-25(15-22)42-31(46)21-11-9-19(10-12-21)27-26-28(37)39-17-40-29(26)44(43-27)16-18-5-7-20(8-6-18)30(45)41-24-4-2-1-3-23(24)36/h1-15,17H,16,36H2,(H,41,45)(H2,37,39,40)(H,38,42,46). The summed E-state index contributed by atoms with van der Waals surface area (Å²) in [7, 11) is 0. The number of para-hydroxylation sites is 2. The third-order valence-corrected chi connectivity index (χ3v) is 7.07. The van der Waals surface area contributed by atoms with Crippen LogP contribution in [0, 0.1) is 0 Å². The second-order valence-corrected chi connectivity index (χ2v) is 10.2. The maximum absolute atomic E-state index is 13.0. The summed E-state index contributed by atoms with van der Waals surface area (Å²) in [6, 6.07) is 21.8. The molecule has 6 N–H and O–H groups in total. The minimum absolute atomic E-state index is 0.190. The van der Waals surface area contributed by atoms with E-state index in [-0.39, 0.29) is 23.1 Å². The number of pyridine rings is 1. The molecule has 6 rings (SSSR count). The van der Waals surface area contributed by atoms with Gasteiger partial charge in [-0.15, -0.1) is 0 Å². The van der Waals surface area contributed by atoms with Crippen molar-refractivity contribution in [1.29, 1.82) is 0 Å². The lowest BCUT2D eigenvalue weighted by Gasteiger charge is -2.09. The summed E-state index contributed by atoms with van der Waals surface area (Å²) in [5.41, 5.74) is 15.2. The van der Waals surface area contributed by atoms with Crippen molar-refractivity contribution >= 4 is 45.9 Å². The lowest BCUT2D eigenvalue weighted by atomic mass is 10.1. The van der Waals surface area contributed by atoms with Gasteiger partial charge in [0.2, 0.25) is 0 Å². The zero-order valence-electron chi connectivity index (χ0n) is 23.8. The summed E-state index contributed by atoms with van der Waals surface area (Å²) >= 11 is 0. The topological polar surface area (TPSA) is 167 Å². The van der Waals surface area contributed by atoms with Gasteiger partial charge < -0.3 is 22.1 Å². The van der Waals surface area contributed by atoms with Gasteiger partial charge in [-0.05, 0) is 54.1 Å². The summed E-state index contributed by atoms with van der Waals surface area (Å²) in [4.78, 5) is 37.8. The van der Waals surface area contributed by atoms with E-state index in [1.165, 1.54) is 18.5 Å². The minimum Gasteiger partial charge on any atom is -0.397 e. The van der Waals surface area contributed by atoms with E-state index in [2.05, 4.69) is 25.6 Å². The number of anilines is 4. The Morgan fingerprint density at radius 1 is 0.804 bits per heavy atom. The normalized spacial score (nSPS) is 11.4. The van der Waals surface area contributed by atoms with Gasteiger partial charge in [-0.2, -0.15) is 18.3 Å². The zero-order valence-corrected chi connectivity index (χ0v) is 23.8. The summed E-state index contributed by atoms with van der Waals surface area (Å²) < 4.78 is 40.8. The van der Waals surface area contributed by atoms with Crippen LogP contribution >= 0.6 is 0 Å². The van der Waals surface area contributed by atoms with E-state index in [4.69, 9.17) is 16.6 Å². The fourth-order valence-corrected chi connectivity index (χ4v) is 4.73. The quantitative estimate of drug-likeness (QED) is 0.166. The Bertz CT molecular complexity index is 2080. The van der Waals surface area contributed by atoms with Gasteiger partial charge >= 0.3 is 6.18 Å². The smallest absolute Gasteiger partial charge is 0.397 e. The molecule has 0 bridgehead atoms. The molecule has 6 aromatic rings. The molecule has 3 aromatic heterocycles. The zero-order chi connectivity index (χ0) is 32.4. The van der Waals surface area contributed by atoms with Crippen LogP contribution in [0.1, 0.15) is 31.8 Å². The first-order valence-corrected chi connectivity index (χ1v) is 13.7. The number of nitrogens with one attached hydrogen (secondary N) is 2. The Hall–Kier alpha value is -6.31. The van der Waals surface area contributed by atoms with Crippen LogP contribution < -0.4 is 22.1 Å². The minimum atomic E-state index is -4.57. The van der Waals surface area contributed by atoms with Gasteiger partial charge in [0.15, 0.2) is 5.65 Å². The number of nitrogens with two attached hydrogens (primary N) is 2. The average molecular weight is 624 g/mol. The Morgan fingerprint density at radius 3 is 2.17 bits per heavy atom. The lowest BCUT2D eigenvalue weighted by Crippen LogP contribution is -2.14. The first-order chi connectivity index (χ1) is 22.1. The van der Waals surface area contributed by atoms with Crippen molar-refractivity contribution in [2.24, 2.45) is 0 Å². The molecule has 0 saturated carbocycles. The Labute approximate surface area is 259 Å². The summed E-state index contributed by atoms with van der Waals surface area (Å²) in [5.74, 6) is -0.968. The molecule has 11 nitrogen and oxygen atoms in total. The molecule has 0 radical (unpaired) electrons. The molecule has 0 atom stereocenters. The number of benzene rings is 3. The number of hydrogen-bond donors (Lipinski definition) is 4. The number of carbonyl (C=O) groups is 2. The van der Waals surface area contributed by atoms with Gasteiger partial charge in [-0.25, -0.2) is 19.6 Å². The highest BCUT2D eigenvalue weighted by Gasteiger charge is 2.31. The average Bonchev–Trinajstić information content (AvgIpc) is 3.41. The first-order valence-electron chi connectivity index (χ1n) is 13.7. The molecule has 0 unspecified atom stereocenters. The highest BCUT2D eigenvalue weighted by Crippen LogP contribution is 2.32. The Kier molecular flexibility index (Phi) is 7.76. The monoisotopic (exact) mass is 623 g/mol. The molecule has 0 saturated heterocycles. The van der Waals surface area contributed by atoms with Crippen LogP contribution in [0.15, 0.2) is 97.5 Å². The van der Waals surface area contributed by atoms with Gasteiger partial charge in [0, 0.05) is 22.9 Å². The summed E-state index contributed by atoms with van der Waals surface area (Å²) in [5, 5.41) is 10.4. The van der Waals surface area contributed by atoms with Gasteiger partial charge in [-0.3, -0.25) is 9.59 Å². The SMILES string of the molecule is Nc1ccccc1NC(=O)c1ccc(Cn2nc(-c3ccc(C(=O)Nc4cc(C(F)(F)F)ccn4)cc3)c3c(N)ncnc32)cc1. The molecule has 2 amide bonds. The number of aromatic nitrogens is 5. The van der Waals surface area contributed by atoms with Crippen LogP contribution in [0.5, 0.6) is 0 Å². The van der Waals surface area contributed by atoms with Gasteiger partial charge in [0.05, 0.1) is 28.9 Å². The summed E-state index contributed by atoms with van der Waals surface area (Å²) in [6.45, 7) is 0.297. The van der Waals surface area contributed by atoms with E-state index < -0.39 is 17.6 Å². The number of alkyl halides is 3. The van der Waals surface area contributed by atoms with Crippen LogP contribution in [-0.2, 0) is 12.7 Å². The van der Waals surface area contributed by atoms with Crippen molar-refractivity contribution in [3.63, 3.8) is 0 Å². The predicted octanol–water partition coefficient (Wildman–Crippen LogP) is 5.62. The molecule has 0 aliphatic carbocycles. The van der Waals surface area contributed by atoms with Crippen molar-refractivity contribution < 1.29 is 22.8 Å². The van der Waals surface area contributed by atoms with Crippen LogP contribution in [0.3, 0.4) is 0 Å². The number of rotatable bonds is 7. The molecule has 0 aliphatic heterocycles. The summed E-state index contributed by atoms with van der Waals surface area (Å²) in [6.07, 6.45) is -2.26. The number of nitrogens with zero attached hydrogens (tertiary/aromatic N) is 5. The van der Waals surface area contributed by atoms with E-state index in [9.17, 15) is 22.8 Å². The highest BCUT2D eigenvalue weighted by molar-refractivity contribution is 6.06. The molecule has 0 spiro atoms. The molecule has 46 heavy (non-hydrogen) atoms. The van der Waals surface area contributed by atoms with Crippen molar-refractivity contribution in [1.82, 2.24) is 24.7 Å². The van der Waals surface area contributed by atoms with Crippen molar-refractivity contribution in [2.45, 2.75) is 12.7 Å². The fraction of sp³-hybridized carbons (Fsp3) is 0.0625. The maximum atomic E-state index is 13.0. The number of halogens is 3. The van der Waals surface area contributed by atoms with Crippen molar-refractivity contribution in [2.75, 3.05) is 22.1 Å². The third-order valence-electron chi connectivity index (χ3n) is 7.07. The highest BCUT2D eigenvalue weighted by atomic mass is 19.4. The molecule has 3 aromatic carbocycles. The van der Waals surface area contributed by atoms with Crippen LogP contribution in [0.4, 0.5) is 36.2 Å². The van der Waals surface area contributed by atoms with Crippen LogP contribution in [0.25, 0.3) is 22.3 Å². The maximum Gasteiger partial charge on any atom is 0.416 e. The van der Waals surface area contributed by atoms with Crippen molar-refractivity contribution in [3.05, 3.63) is 120 Å². The predicted molar refractivity (Wildman–Crippen MR) is 167 cm³/mol. The van der Waals surface area contributed by atoms with Gasteiger partial charge in [0.1, 0.15) is 23.7 Å². The number of fused-ring (bicyclic) bond motifs is 1. The molecule has 0 fully saturated rings. The second-order valence-electron chi connectivity index (χ2n) is 10.2. The third kappa shape index (κ3) is 6.17. The van der Waals surface area contributed by atoms with E-state index in [1.807, 2.05) is 0 Å². The number of nitrogen functional groups attached to an aromatic ring is 2. The number of amides is 2. The van der Waals surface area contributed by atoms with E-state index in [0.29, 0.717) is 45.8 Å². The molecule has 14 heteroatoms. The van der Waals surface area contributed by atoms with Gasteiger partial charge in [0.25, 0.3) is 11.8 Å². The first kappa shape index (κ1) is 29.7. The molecule has 3 heterocycles. The van der Waals surface area contributed by atoms with Crippen LogP contribution in [0.2, 0.25) is 0 Å². The molecule has 230 valence electrons. The van der Waals surface area contributed by atoms with E-state index in [1.54, 1.807) is 65.3 Å². The van der Waals surface area contributed by atoms with Crippen LogP contribution in [-0.4, -0.2) is 36.5 Å². The largest absolute Gasteiger partial charge is 0.416 e. The Balaban J connectivity index is 1.21.